The molecule has 0 N–H and O–H groups in total. The molecule has 0 fully saturated rings. The van der Waals surface area contributed by atoms with Crippen molar-refractivity contribution in [3.8, 4) is 92.5 Å². The van der Waals surface area contributed by atoms with E-state index in [1.54, 1.807) is 0 Å². The molecule has 0 bridgehead atoms. The molecule has 0 amide bonds. The van der Waals surface area contributed by atoms with Crippen molar-refractivity contribution in [3.63, 3.8) is 0 Å². The standard InChI is InChI=1S/C76H92I2Si2/c1-51(2)79(52(3)4,53(5)6)39-37-61-41-59(65-44-67(73(13,14)15)48-68(45-65)74(16,17)18)35-33-57(61)29-25-27-31-63-43-64(72(78)50-71(63)77)32-28-26-30-58-34-36-60(42-62(58)38-40-80(54(7)8,55(9)10)56(11)12)66-46-69(75(19,20)21)49-70(47-66)76(22,23)24/h33-36,41-56H,1-24H3. The SMILES string of the molecule is CC(C)[Si](C#Cc1cc(-c2cc(C(C)(C)C)cc(C(C)(C)C)c2)ccc1C#CC#Cc1cc(C#CC#Cc2ccc(-c3cc(C(C)(C)C)cc(C(C)(C)C)c3)cc2C#C[Si](C(C)C)(C(C)C)C(C)C)c(I)cc1I)(C(C)C)C(C)C. The maximum absolute atomic E-state index is 4.00. The van der Waals surface area contributed by atoms with Crippen LogP contribution >= 0.6 is 45.2 Å². The van der Waals surface area contributed by atoms with Crippen LogP contribution in [-0.4, -0.2) is 16.1 Å². The largest absolute Gasteiger partial charge is 0.146 e. The van der Waals surface area contributed by atoms with Crippen molar-refractivity contribution in [1.82, 2.24) is 0 Å². The fourth-order valence-corrected chi connectivity index (χ4v) is 23.8. The number of hydrogen-bond acceptors (Lipinski definition) is 0. The third kappa shape index (κ3) is 15.9. The van der Waals surface area contributed by atoms with E-state index in [0.717, 1.165) is 51.6 Å². The van der Waals surface area contributed by atoms with Crippen molar-refractivity contribution in [2.75, 3.05) is 0 Å². The molecule has 0 spiro atoms. The lowest BCUT2D eigenvalue weighted by Crippen LogP contribution is -2.43. The lowest BCUT2D eigenvalue weighted by molar-refractivity contribution is 0.568. The Kier molecular flexibility index (Phi) is 21.7. The summed E-state index contributed by atoms with van der Waals surface area (Å²) in [5.74, 6) is 34.2. The van der Waals surface area contributed by atoms with E-state index in [0.29, 0.717) is 33.2 Å². The molecule has 0 saturated carbocycles. The molecule has 0 aliphatic carbocycles. The summed E-state index contributed by atoms with van der Waals surface area (Å²) in [5, 5.41) is 0. The van der Waals surface area contributed by atoms with Crippen LogP contribution in [0.2, 0.25) is 33.2 Å². The van der Waals surface area contributed by atoms with E-state index in [1.807, 2.05) is 0 Å². The van der Waals surface area contributed by atoms with E-state index in [2.05, 4.69) is 367 Å². The molecular weight excluding hydrogens is 1220 g/mol. The van der Waals surface area contributed by atoms with Crippen LogP contribution in [0.25, 0.3) is 22.3 Å². The van der Waals surface area contributed by atoms with E-state index in [-0.39, 0.29) is 21.7 Å². The first kappa shape index (κ1) is 66.2. The molecule has 0 radical (unpaired) electrons. The second-order valence-corrected chi connectivity index (χ2v) is 41.7. The Morgan fingerprint density at radius 2 is 0.550 bits per heavy atom. The molecule has 0 saturated heterocycles. The summed E-state index contributed by atoms with van der Waals surface area (Å²) >= 11 is 4.74. The Hall–Kier alpha value is -4.65. The molecule has 0 aromatic heterocycles. The minimum absolute atomic E-state index is 0.00539. The summed E-state index contributed by atoms with van der Waals surface area (Å²) in [4.78, 5) is 0. The van der Waals surface area contributed by atoms with Crippen LogP contribution in [-0.2, 0) is 21.7 Å². The van der Waals surface area contributed by atoms with Crippen molar-refractivity contribution < 1.29 is 0 Å². The summed E-state index contributed by atoms with van der Waals surface area (Å²) in [6.45, 7) is 56.0. The quantitative estimate of drug-likeness (QED) is 0.0825. The molecule has 0 aliphatic rings. The van der Waals surface area contributed by atoms with Gasteiger partial charge in [0.15, 0.2) is 0 Å². The van der Waals surface area contributed by atoms with Crippen LogP contribution in [0, 0.1) is 77.4 Å². The predicted molar refractivity (Wildman–Crippen MR) is 374 cm³/mol. The average molecular weight is 1320 g/mol. The van der Waals surface area contributed by atoms with Gasteiger partial charge in [0.1, 0.15) is 16.1 Å². The molecule has 0 heterocycles. The zero-order chi connectivity index (χ0) is 60.1. The fourth-order valence-electron chi connectivity index (χ4n) is 11.5. The molecule has 5 aromatic carbocycles. The topological polar surface area (TPSA) is 0 Å². The summed E-state index contributed by atoms with van der Waals surface area (Å²) in [7, 11) is -4.08. The highest BCUT2D eigenvalue weighted by Crippen LogP contribution is 2.43. The van der Waals surface area contributed by atoms with Gasteiger partial charge in [-0.25, -0.2) is 0 Å². The molecule has 4 heteroatoms. The second-order valence-electron chi connectivity index (χ2n) is 28.2. The molecule has 0 atom stereocenters. The Bertz CT molecular complexity index is 3160. The smallest absolute Gasteiger partial charge is 0.125 e. The van der Waals surface area contributed by atoms with Crippen molar-refractivity contribution >= 4 is 61.3 Å². The van der Waals surface area contributed by atoms with Crippen LogP contribution in [0.4, 0.5) is 0 Å². The molecular formula is C76H92I2Si2. The van der Waals surface area contributed by atoms with Gasteiger partial charge in [-0.2, -0.15) is 0 Å². The number of halogens is 2. The van der Waals surface area contributed by atoms with E-state index in [4.69, 9.17) is 0 Å². The minimum Gasteiger partial charge on any atom is -0.125 e. The first-order valence-corrected chi connectivity index (χ1v) is 35.8. The van der Waals surface area contributed by atoms with Crippen LogP contribution in [0.5, 0.6) is 0 Å². The van der Waals surface area contributed by atoms with Gasteiger partial charge in [0, 0.05) is 40.5 Å². The second kappa shape index (κ2) is 26.3. The number of benzene rings is 5. The lowest BCUT2D eigenvalue weighted by Gasteiger charge is -2.38. The van der Waals surface area contributed by atoms with Crippen LogP contribution < -0.4 is 0 Å². The third-order valence-corrected chi connectivity index (χ3v) is 30.9. The monoisotopic (exact) mass is 1310 g/mol. The van der Waals surface area contributed by atoms with Gasteiger partial charge in [-0.3, -0.25) is 0 Å². The first-order valence-electron chi connectivity index (χ1n) is 29.1. The molecule has 0 unspecified atom stereocenters. The minimum atomic E-state index is -2.04. The molecule has 0 nitrogen and oxygen atoms in total. The highest BCUT2D eigenvalue weighted by atomic mass is 127. The van der Waals surface area contributed by atoms with E-state index < -0.39 is 16.1 Å². The molecule has 80 heavy (non-hydrogen) atoms. The van der Waals surface area contributed by atoms with Gasteiger partial charge in [0.05, 0.1) is 0 Å². The Morgan fingerprint density at radius 1 is 0.287 bits per heavy atom. The van der Waals surface area contributed by atoms with Gasteiger partial charge in [-0.15, -0.1) is 11.1 Å². The van der Waals surface area contributed by atoms with Crippen molar-refractivity contribution in [1.29, 1.82) is 0 Å². The maximum Gasteiger partial charge on any atom is 0.146 e. The van der Waals surface area contributed by atoms with E-state index >= 15 is 0 Å². The summed E-state index contributed by atoms with van der Waals surface area (Å²) in [6.07, 6.45) is 0. The van der Waals surface area contributed by atoms with Gasteiger partial charge in [-0.05, 0) is 205 Å². The lowest BCUT2D eigenvalue weighted by atomic mass is 9.79. The normalized spacial score (nSPS) is 12.2. The first-order chi connectivity index (χ1) is 36.9. The summed E-state index contributed by atoms with van der Waals surface area (Å²) in [6, 6.07) is 31.7. The Balaban J connectivity index is 1.61. The van der Waals surface area contributed by atoms with Gasteiger partial charge < -0.3 is 0 Å². The Morgan fingerprint density at radius 3 is 0.800 bits per heavy atom. The third-order valence-electron chi connectivity index (χ3n) is 16.6. The average Bonchev–Trinajstić information content (AvgIpc) is 3.34. The van der Waals surface area contributed by atoms with Crippen molar-refractivity contribution in [3.05, 3.63) is 148 Å². The van der Waals surface area contributed by atoms with E-state index in [9.17, 15) is 0 Å². The number of rotatable bonds is 8. The molecule has 0 aliphatic heterocycles. The summed E-state index contributed by atoms with van der Waals surface area (Å²) < 4.78 is 2.10. The zero-order valence-corrected chi connectivity index (χ0v) is 59.6. The van der Waals surface area contributed by atoms with Gasteiger partial charge in [-0.1, -0.05) is 250 Å². The zero-order valence-electron chi connectivity index (χ0n) is 53.3. The fraction of sp³-hybridized carbons (Fsp3) is 0.447. The van der Waals surface area contributed by atoms with Gasteiger partial charge in [0.2, 0.25) is 0 Å². The van der Waals surface area contributed by atoms with Gasteiger partial charge >= 0.3 is 0 Å². The highest BCUT2D eigenvalue weighted by Gasteiger charge is 2.43. The van der Waals surface area contributed by atoms with Crippen molar-refractivity contribution in [2.45, 2.75) is 221 Å². The molecule has 418 valence electrons. The maximum atomic E-state index is 4.00. The van der Waals surface area contributed by atoms with Crippen LogP contribution in [0.1, 0.15) is 222 Å². The van der Waals surface area contributed by atoms with Crippen LogP contribution in [0.15, 0.2) is 84.9 Å². The predicted octanol–water partition coefficient (Wildman–Crippen LogP) is 21.4. The van der Waals surface area contributed by atoms with E-state index in [1.165, 1.54) is 33.4 Å². The molecule has 5 rings (SSSR count). The molecule has 5 aromatic rings. The highest BCUT2D eigenvalue weighted by molar-refractivity contribution is 14.1. The summed E-state index contributed by atoms with van der Waals surface area (Å²) in [5.41, 5.74) is 26.7. The number of hydrogen-bond donors (Lipinski definition) is 0. The van der Waals surface area contributed by atoms with Crippen LogP contribution in [0.3, 0.4) is 0 Å². The van der Waals surface area contributed by atoms with Crippen molar-refractivity contribution in [2.24, 2.45) is 0 Å². The Labute approximate surface area is 518 Å². The van der Waals surface area contributed by atoms with Gasteiger partial charge in [0.25, 0.3) is 0 Å².